The predicted octanol–water partition coefficient (Wildman–Crippen LogP) is 6.60. The van der Waals surface area contributed by atoms with Crippen molar-refractivity contribution in [2.24, 2.45) is 23.5 Å². The number of carbonyl (C=O) groups is 7. The Morgan fingerprint density at radius 1 is 0.902 bits per heavy atom. The molecule has 0 aromatic heterocycles. The standard InChI is InChI=1S/C33H46N4O6.C31H39N3O5/c1-5-9-26(32(34)41)21-29(40)31(22(2)3)37-33(42)28(20-24-13-15-27(39)16-14-24)36-18-19-43-30-12-7-6-10-25(30)11-8-17-35-23(4)38;1-2-7-24-21-28(36)27-10-6-18-34(27)31(38)26(20-22-12-14-25(35)15-13-22)32-17-19-39-29-11-4-3-8-23(29)9-5-16-33-30(24)37/h6-8,10-16,22,26,28,31,36,39H,5,9,17-21H2,1-4H3,(H2,34,41)(H,35,38)(H,37,42);3-5,8-9,11-15,24,26-27,32,35H,2,6-7,10,16-21H2,1H3,(H,33,37)/b11-8+;9-5+/t26-,28-,31-;24-,26-,27?/m11/s1. The number of amides is 5. The van der Waals surface area contributed by atoms with Gasteiger partial charge in [-0.05, 0) is 92.0 Å². The molecule has 0 bridgehead atoms. The molecule has 0 saturated carbocycles. The number of hydrogen-bond donors (Lipinski definition) is 8. The van der Waals surface area contributed by atoms with Crippen LogP contribution in [0.5, 0.6) is 23.0 Å². The third-order valence-electron chi connectivity index (χ3n) is 14.3. The number of para-hydroxylation sites is 2. The van der Waals surface area contributed by atoms with Gasteiger partial charge in [0.2, 0.25) is 29.5 Å². The number of nitrogens with one attached hydrogen (secondary N) is 5. The van der Waals surface area contributed by atoms with Crippen molar-refractivity contribution < 1.29 is 53.2 Å². The van der Waals surface area contributed by atoms with Gasteiger partial charge in [-0.25, -0.2) is 0 Å². The quantitative estimate of drug-likeness (QED) is 0.0364. The van der Waals surface area contributed by atoms with E-state index in [0.717, 1.165) is 47.3 Å². The first-order chi connectivity index (χ1) is 39.5. The largest absolute Gasteiger partial charge is 0.508 e. The number of ether oxygens (including phenoxy) is 2. The fourth-order valence-electron chi connectivity index (χ4n) is 9.96. The van der Waals surface area contributed by atoms with Crippen LogP contribution in [0.4, 0.5) is 0 Å². The van der Waals surface area contributed by atoms with Gasteiger partial charge < -0.3 is 56.9 Å². The van der Waals surface area contributed by atoms with Gasteiger partial charge in [0.05, 0.1) is 24.2 Å². The first-order valence-corrected chi connectivity index (χ1v) is 28.7. The maximum Gasteiger partial charge on any atom is 0.240 e. The highest BCUT2D eigenvalue weighted by molar-refractivity contribution is 5.95. The van der Waals surface area contributed by atoms with Crippen molar-refractivity contribution in [3.05, 3.63) is 131 Å². The van der Waals surface area contributed by atoms with Gasteiger partial charge in [-0.3, -0.25) is 33.6 Å². The lowest BCUT2D eigenvalue weighted by atomic mass is 9.89. The zero-order valence-electron chi connectivity index (χ0n) is 48.2. The maximum atomic E-state index is 13.8. The van der Waals surface area contributed by atoms with E-state index in [4.69, 9.17) is 15.2 Å². The Bertz CT molecular complexity index is 2770. The Labute approximate surface area is 483 Å². The highest BCUT2D eigenvalue weighted by Gasteiger charge is 2.38. The summed E-state index contributed by atoms with van der Waals surface area (Å²) in [5, 5.41) is 34.5. The van der Waals surface area contributed by atoms with Crippen LogP contribution in [-0.4, -0.2) is 126 Å². The van der Waals surface area contributed by atoms with Crippen molar-refractivity contribution in [1.29, 1.82) is 0 Å². The summed E-state index contributed by atoms with van der Waals surface area (Å²) in [6, 6.07) is 26.0. The molecule has 82 heavy (non-hydrogen) atoms. The number of phenolic OH excluding ortho intramolecular Hbond substituents is 2. The van der Waals surface area contributed by atoms with Gasteiger partial charge >= 0.3 is 0 Å². The molecule has 6 atom stereocenters. The molecule has 0 radical (unpaired) electrons. The van der Waals surface area contributed by atoms with Crippen molar-refractivity contribution in [2.45, 2.75) is 123 Å². The second kappa shape index (κ2) is 34.5. The van der Waals surface area contributed by atoms with E-state index < -0.39 is 41.9 Å². The van der Waals surface area contributed by atoms with Gasteiger partial charge in [0.15, 0.2) is 11.6 Å². The lowest BCUT2D eigenvalue weighted by Gasteiger charge is -2.29. The van der Waals surface area contributed by atoms with Gasteiger partial charge in [0, 0.05) is 75.5 Å². The van der Waals surface area contributed by atoms with Gasteiger partial charge in [-0.2, -0.15) is 0 Å². The Morgan fingerprint density at radius 2 is 1.60 bits per heavy atom. The molecule has 442 valence electrons. The number of nitrogens with two attached hydrogens (primary N) is 1. The van der Waals surface area contributed by atoms with E-state index in [0.29, 0.717) is 77.2 Å². The normalized spacial score (nSPS) is 18.4. The number of benzene rings is 4. The second-order valence-corrected chi connectivity index (χ2v) is 21.1. The average molecular weight is 1130 g/mol. The molecule has 2 aliphatic rings. The van der Waals surface area contributed by atoms with Crippen LogP contribution < -0.4 is 41.8 Å². The Balaban J connectivity index is 0.000000302. The minimum Gasteiger partial charge on any atom is -0.508 e. The van der Waals surface area contributed by atoms with Gasteiger partial charge in [-0.15, -0.1) is 0 Å². The van der Waals surface area contributed by atoms with Crippen molar-refractivity contribution in [3.63, 3.8) is 0 Å². The molecule has 9 N–H and O–H groups in total. The molecule has 4 aromatic carbocycles. The van der Waals surface area contributed by atoms with Crippen LogP contribution in [0.1, 0.15) is 108 Å². The number of primary amides is 1. The van der Waals surface area contributed by atoms with Crippen LogP contribution in [-0.2, 0) is 46.4 Å². The fourth-order valence-corrected chi connectivity index (χ4v) is 9.96. The monoisotopic (exact) mass is 1130 g/mol. The highest BCUT2D eigenvalue weighted by atomic mass is 16.5. The van der Waals surface area contributed by atoms with E-state index in [-0.39, 0.29) is 72.1 Å². The minimum atomic E-state index is -0.775. The molecular formula is C64H85N7O11. The average Bonchev–Trinajstić information content (AvgIpc) is 4.17. The van der Waals surface area contributed by atoms with Crippen LogP contribution in [0.15, 0.2) is 109 Å². The smallest absolute Gasteiger partial charge is 0.240 e. The second-order valence-electron chi connectivity index (χ2n) is 21.1. The molecule has 2 aliphatic heterocycles. The number of rotatable bonds is 23. The Kier molecular flexibility index (Phi) is 27.3. The first kappa shape index (κ1) is 65.0. The molecule has 6 rings (SSSR count). The van der Waals surface area contributed by atoms with Crippen LogP contribution in [0.3, 0.4) is 0 Å². The van der Waals surface area contributed by atoms with Crippen molar-refractivity contribution in [3.8, 4) is 23.0 Å². The van der Waals surface area contributed by atoms with Crippen LogP contribution >= 0.6 is 0 Å². The maximum absolute atomic E-state index is 13.8. The number of aromatic hydroxyl groups is 2. The summed E-state index contributed by atoms with van der Waals surface area (Å²) in [4.78, 5) is 91.7. The topological polar surface area (TPSA) is 268 Å². The zero-order chi connectivity index (χ0) is 59.4. The number of nitrogens with zero attached hydrogens (tertiary/aromatic N) is 1. The van der Waals surface area contributed by atoms with E-state index in [1.54, 1.807) is 53.4 Å². The van der Waals surface area contributed by atoms with Crippen LogP contribution in [0, 0.1) is 17.8 Å². The molecule has 1 unspecified atom stereocenters. The van der Waals surface area contributed by atoms with E-state index >= 15 is 0 Å². The summed E-state index contributed by atoms with van der Waals surface area (Å²) in [5.41, 5.74) is 8.99. The SMILES string of the molecule is CCC[C@@H]1CC(=O)C2CCCN2C(=O)[C@@H](Cc2ccc(O)cc2)NCCOc2ccccc2/C=C/CNC1=O.CCC[C@H](CC(=O)[C@H](NC(=O)[C@@H](Cc1ccc(O)cc1)NCCOc1ccccc1/C=C/CNC(C)=O)C(C)C)C(N)=O. The molecule has 1 saturated heterocycles. The fraction of sp³-hybridized carbons (Fsp3) is 0.453. The third-order valence-corrected chi connectivity index (χ3v) is 14.3. The van der Waals surface area contributed by atoms with Crippen molar-refractivity contribution >= 4 is 53.3 Å². The Hall–Kier alpha value is -7.83. The molecule has 2 heterocycles. The number of hydrogen-bond acceptors (Lipinski definition) is 13. The van der Waals surface area contributed by atoms with Crippen LogP contribution in [0.2, 0.25) is 0 Å². The number of fused-ring (bicyclic) bond motifs is 2. The first-order valence-electron chi connectivity index (χ1n) is 28.7. The van der Waals surface area contributed by atoms with Gasteiger partial charge in [0.25, 0.3) is 0 Å². The predicted molar refractivity (Wildman–Crippen MR) is 318 cm³/mol. The Morgan fingerprint density at radius 3 is 2.28 bits per heavy atom. The number of phenols is 2. The number of Topliss-reactive ketones (excluding diaryl/α,β-unsaturated/α-hetero) is 2. The molecule has 0 aliphatic carbocycles. The van der Waals surface area contributed by atoms with E-state index in [1.165, 1.54) is 6.92 Å². The number of ketones is 2. The summed E-state index contributed by atoms with van der Waals surface area (Å²) in [6.07, 6.45) is 12.3. The number of carbonyl (C=O) groups excluding carboxylic acids is 7. The summed E-state index contributed by atoms with van der Waals surface area (Å²) in [5.74, 6) is -1.03. The molecule has 1 fully saturated rings. The molecule has 18 nitrogen and oxygen atoms in total. The van der Waals surface area contributed by atoms with E-state index in [1.807, 2.05) is 101 Å². The molecule has 4 aromatic rings. The molecule has 0 spiro atoms. The summed E-state index contributed by atoms with van der Waals surface area (Å²) in [6.45, 7) is 11.7. The van der Waals surface area contributed by atoms with E-state index in [2.05, 4.69) is 26.6 Å². The van der Waals surface area contributed by atoms with E-state index in [9.17, 15) is 43.8 Å². The lowest BCUT2D eigenvalue weighted by Crippen LogP contribution is -2.53. The summed E-state index contributed by atoms with van der Waals surface area (Å²) < 4.78 is 12.0. The van der Waals surface area contributed by atoms with Gasteiger partial charge in [-0.1, -0.05) is 126 Å². The zero-order valence-corrected chi connectivity index (χ0v) is 48.2. The summed E-state index contributed by atoms with van der Waals surface area (Å²) >= 11 is 0. The molecular weight excluding hydrogens is 1040 g/mol. The minimum absolute atomic E-state index is 0.0190. The van der Waals surface area contributed by atoms with Gasteiger partial charge in [0.1, 0.15) is 36.2 Å². The lowest BCUT2D eigenvalue weighted by molar-refractivity contribution is -0.140. The van der Waals surface area contributed by atoms with Crippen molar-refractivity contribution in [1.82, 2.24) is 31.5 Å². The highest BCUT2D eigenvalue weighted by Crippen LogP contribution is 2.26. The van der Waals surface area contributed by atoms with Crippen molar-refractivity contribution in [2.75, 3.05) is 45.9 Å². The third kappa shape index (κ3) is 21.6. The summed E-state index contributed by atoms with van der Waals surface area (Å²) in [7, 11) is 0. The molecule has 18 heteroatoms. The van der Waals surface area contributed by atoms with Crippen LogP contribution in [0.25, 0.3) is 12.2 Å². The molecule has 5 amide bonds.